The summed E-state index contributed by atoms with van der Waals surface area (Å²) in [6.45, 7) is 10.1. The van der Waals surface area contributed by atoms with Gasteiger partial charge in [-0.2, -0.15) is 0 Å². The number of rotatable bonds is 29. The molecule has 2 nitrogen and oxygen atoms in total. The molecule has 0 radical (unpaired) electrons. The van der Waals surface area contributed by atoms with E-state index < -0.39 is 0 Å². The fourth-order valence-electron chi connectivity index (χ4n) is 5.00. The number of hydrogen-bond donors (Lipinski definition) is 2. The molecule has 0 aliphatic carbocycles. The van der Waals surface area contributed by atoms with Gasteiger partial charge < -0.3 is 10.6 Å². The zero-order chi connectivity index (χ0) is 24.1. The Morgan fingerprint density at radius 3 is 1.06 bits per heavy atom. The Bertz CT molecular complexity index is 305. The highest BCUT2D eigenvalue weighted by Gasteiger charge is 2.07. The predicted molar refractivity (Wildman–Crippen MR) is 152 cm³/mol. The summed E-state index contributed by atoms with van der Waals surface area (Å²) < 4.78 is 0. The molecule has 33 heavy (non-hydrogen) atoms. The number of nitrogens with one attached hydrogen (secondary N) is 2. The van der Waals surface area contributed by atoms with Crippen molar-refractivity contribution in [1.29, 1.82) is 0 Å². The van der Waals surface area contributed by atoms with E-state index in [0.29, 0.717) is 0 Å². The Kier molecular flexibility index (Phi) is 29.9. The highest BCUT2D eigenvalue weighted by atomic mass is 15.0. The third kappa shape index (κ3) is 28.0. The number of hydrogen-bond acceptors (Lipinski definition) is 2. The van der Waals surface area contributed by atoms with Crippen LogP contribution < -0.4 is 10.6 Å². The van der Waals surface area contributed by atoms with Crippen LogP contribution in [-0.4, -0.2) is 25.7 Å². The van der Waals surface area contributed by atoms with Gasteiger partial charge in [0.1, 0.15) is 0 Å². The first kappa shape index (κ1) is 32.9. The van der Waals surface area contributed by atoms with Crippen molar-refractivity contribution in [1.82, 2.24) is 10.6 Å². The summed E-state index contributed by atoms with van der Waals surface area (Å²) in [5, 5.41) is 7.33. The van der Waals surface area contributed by atoms with Crippen molar-refractivity contribution >= 4 is 0 Å². The van der Waals surface area contributed by atoms with Gasteiger partial charge >= 0.3 is 0 Å². The molecule has 0 aliphatic rings. The lowest BCUT2D eigenvalue weighted by atomic mass is 9.99. The number of unbranched alkanes of at least 4 members (excludes halogenated alkanes) is 20. The van der Waals surface area contributed by atoms with Crippen molar-refractivity contribution in [3.8, 4) is 0 Å². The summed E-state index contributed by atoms with van der Waals surface area (Å²) in [7, 11) is 0. The average Bonchev–Trinajstić information content (AvgIpc) is 2.83. The molecule has 0 aromatic carbocycles. The second-order valence-corrected chi connectivity index (χ2v) is 10.7. The summed E-state index contributed by atoms with van der Waals surface area (Å²) in [4.78, 5) is 0. The lowest BCUT2D eigenvalue weighted by molar-refractivity contribution is 0.409. The van der Waals surface area contributed by atoms with E-state index in [2.05, 4.69) is 31.4 Å². The van der Waals surface area contributed by atoms with Crippen LogP contribution in [0.15, 0.2) is 0 Å². The molecule has 0 aromatic heterocycles. The summed E-state index contributed by atoms with van der Waals surface area (Å²) in [5.41, 5.74) is 0. The van der Waals surface area contributed by atoms with Crippen molar-refractivity contribution in [2.45, 2.75) is 181 Å². The van der Waals surface area contributed by atoms with Gasteiger partial charge in [-0.1, -0.05) is 162 Å². The summed E-state index contributed by atoms with van der Waals surface area (Å²) >= 11 is 0. The van der Waals surface area contributed by atoms with E-state index in [1.807, 2.05) is 0 Å². The van der Waals surface area contributed by atoms with Gasteiger partial charge in [0.15, 0.2) is 0 Å². The standard InChI is InChI=1S/C31H66N2/c1-4-7-9-11-13-15-17-19-21-23-25-27-31(33-30-29-32-6-3)28-26-24-22-20-18-16-14-12-10-8-5-2/h31-33H,4-30H2,1-3H3. The maximum absolute atomic E-state index is 3.86. The van der Waals surface area contributed by atoms with Crippen LogP contribution >= 0.6 is 0 Å². The minimum absolute atomic E-state index is 0.751. The molecular formula is C31H66N2. The third-order valence-electron chi connectivity index (χ3n) is 7.30. The molecule has 0 heterocycles. The van der Waals surface area contributed by atoms with Crippen molar-refractivity contribution in [2.24, 2.45) is 0 Å². The zero-order valence-electron chi connectivity index (χ0n) is 23.7. The molecule has 0 atom stereocenters. The highest BCUT2D eigenvalue weighted by Crippen LogP contribution is 2.16. The van der Waals surface area contributed by atoms with Crippen molar-refractivity contribution in [2.75, 3.05) is 19.6 Å². The zero-order valence-corrected chi connectivity index (χ0v) is 23.7. The van der Waals surface area contributed by atoms with E-state index in [-0.39, 0.29) is 0 Å². The van der Waals surface area contributed by atoms with E-state index in [1.54, 1.807) is 0 Å². The fourth-order valence-corrected chi connectivity index (χ4v) is 5.00. The Morgan fingerprint density at radius 1 is 0.394 bits per heavy atom. The Morgan fingerprint density at radius 2 is 0.727 bits per heavy atom. The van der Waals surface area contributed by atoms with E-state index >= 15 is 0 Å². The first-order valence-corrected chi connectivity index (χ1v) is 15.8. The van der Waals surface area contributed by atoms with Gasteiger partial charge in [-0.3, -0.25) is 0 Å². The van der Waals surface area contributed by atoms with Gasteiger partial charge in [0.25, 0.3) is 0 Å². The molecule has 2 heteroatoms. The van der Waals surface area contributed by atoms with Crippen LogP contribution in [0.4, 0.5) is 0 Å². The lowest BCUT2D eigenvalue weighted by Gasteiger charge is -2.19. The molecule has 0 spiro atoms. The molecule has 0 saturated heterocycles. The Hall–Kier alpha value is -0.0800. The minimum Gasteiger partial charge on any atom is -0.316 e. The van der Waals surface area contributed by atoms with Crippen molar-refractivity contribution in [3.05, 3.63) is 0 Å². The Balaban J connectivity index is 3.67. The van der Waals surface area contributed by atoms with Crippen LogP contribution in [0.25, 0.3) is 0 Å². The smallest absolute Gasteiger partial charge is 0.00793 e. The normalized spacial score (nSPS) is 11.6. The van der Waals surface area contributed by atoms with Gasteiger partial charge in [0, 0.05) is 19.1 Å². The van der Waals surface area contributed by atoms with Crippen LogP contribution in [0.3, 0.4) is 0 Å². The van der Waals surface area contributed by atoms with E-state index in [9.17, 15) is 0 Å². The first-order chi connectivity index (χ1) is 16.3. The van der Waals surface area contributed by atoms with E-state index in [1.165, 1.54) is 154 Å². The molecule has 0 aromatic rings. The van der Waals surface area contributed by atoms with Gasteiger partial charge in [0.05, 0.1) is 0 Å². The number of likely N-dealkylation sites (N-methyl/N-ethyl adjacent to an activating group) is 1. The molecule has 0 unspecified atom stereocenters. The highest BCUT2D eigenvalue weighted by molar-refractivity contribution is 4.68. The second-order valence-electron chi connectivity index (χ2n) is 10.7. The van der Waals surface area contributed by atoms with Gasteiger partial charge in [0.2, 0.25) is 0 Å². The van der Waals surface area contributed by atoms with E-state index in [4.69, 9.17) is 0 Å². The summed E-state index contributed by atoms with van der Waals surface area (Å²) in [5.74, 6) is 0. The maximum Gasteiger partial charge on any atom is 0.00793 e. The SMILES string of the molecule is CCCCCCCCCCCCCC(CCCCCCCCCCCCC)NCCNCC. The van der Waals surface area contributed by atoms with Crippen LogP contribution in [0.2, 0.25) is 0 Å². The lowest BCUT2D eigenvalue weighted by Crippen LogP contribution is -2.35. The first-order valence-electron chi connectivity index (χ1n) is 15.8. The molecule has 0 aliphatic heterocycles. The van der Waals surface area contributed by atoms with Crippen LogP contribution in [0, 0.1) is 0 Å². The second kappa shape index (κ2) is 30.0. The molecule has 0 fully saturated rings. The van der Waals surface area contributed by atoms with Gasteiger partial charge in [-0.15, -0.1) is 0 Å². The molecular weight excluding hydrogens is 400 g/mol. The van der Waals surface area contributed by atoms with Crippen LogP contribution in [-0.2, 0) is 0 Å². The quantitative estimate of drug-likeness (QED) is 0.107. The topological polar surface area (TPSA) is 24.1 Å². The van der Waals surface area contributed by atoms with E-state index in [0.717, 1.165) is 25.7 Å². The van der Waals surface area contributed by atoms with Crippen molar-refractivity contribution in [3.63, 3.8) is 0 Å². The average molecular weight is 467 g/mol. The molecule has 0 saturated carbocycles. The Labute approximate surface area is 211 Å². The molecule has 2 N–H and O–H groups in total. The monoisotopic (exact) mass is 467 g/mol. The van der Waals surface area contributed by atoms with Crippen LogP contribution in [0.1, 0.15) is 175 Å². The third-order valence-corrected chi connectivity index (χ3v) is 7.30. The van der Waals surface area contributed by atoms with Crippen molar-refractivity contribution < 1.29 is 0 Å². The minimum atomic E-state index is 0.751. The maximum atomic E-state index is 3.86. The molecule has 0 amide bonds. The molecule has 200 valence electrons. The van der Waals surface area contributed by atoms with Gasteiger partial charge in [-0.25, -0.2) is 0 Å². The van der Waals surface area contributed by atoms with Crippen LogP contribution in [0.5, 0.6) is 0 Å². The largest absolute Gasteiger partial charge is 0.316 e. The molecule has 0 bridgehead atoms. The summed E-state index contributed by atoms with van der Waals surface area (Å²) in [6.07, 6.45) is 34.6. The molecule has 0 rings (SSSR count). The van der Waals surface area contributed by atoms with Gasteiger partial charge in [-0.05, 0) is 19.4 Å². The predicted octanol–water partition coefficient (Wildman–Crippen LogP) is 9.96. The summed E-state index contributed by atoms with van der Waals surface area (Å²) in [6, 6.07) is 0.751. The fraction of sp³-hybridized carbons (Fsp3) is 1.00.